The lowest BCUT2D eigenvalue weighted by Gasteiger charge is -2.34. The fourth-order valence-corrected chi connectivity index (χ4v) is 5.10. The highest BCUT2D eigenvalue weighted by molar-refractivity contribution is 5.95. The van der Waals surface area contributed by atoms with Crippen LogP contribution in [0.1, 0.15) is 54.3 Å². The molecule has 2 N–H and O–H groups in total. The number of likely N-dealkylation sites (tertiary alicyclic amines) is 2. The van der Waals surface area contributed by atoms with Crippen LogP contribution in [0, 0.1) is 0 Å². The van der Waals surface area contributed by atoms with Crippen molar-refractivity contribution in [2.75, 3.05) is 26.2 Å². The van der Waals surface area contributed by atoms with Gasteiger partial charge in [-0.3, -0.25) is 14.7 Å². The number of hydrogen-bond acceptors (Lipinski definition) is 7. The Hall–Kier alpha value is -4.41. The van der Waals surface area contributed by atoms with Crippen molar-refractivity contribution in [1.82, 2.24) is 25.0 Å². The van der Waals surface area contributed by atoms with Crippen LogP contribution in [0.15, 0.2) is 54.6 Å². The lowest BCUT2D eigenvalue weighted by molar-refractivity contribution is -0.137. The molecule has 0 bridgehead atoms. The second-order valence-electron chi connectivity index (χ2n) is 9.70. The maximum atomic E-state index is 13.1. The van der Waals surface area contributed by atoms with Crippen LogP contribution in [0.3, 0.4) is 0 Å². The number of carbonyl (C=O) groups is 3. The quantitative estimate of drug-likeness (QED) is 0.436. The van der Waals surface area contributed by atoms with E-state index in [4.69, 9.17) is 19.6 Å². The van der Waals surface area contributed by atoms with Gasteiger partial charge >= 0.3 is 6.16 Å². The molecule has 2 aliphatic heterocycles. The van der Waals surface area contributed by atoms with Crippen LogP contribution < -0.4 is 4.74 Å². The Balaban J connectivity index is 1.25. The molecule has 39 heavy (non-hydrogen) atoms. The summed E-state index contributed by atoms with van der Waals surface area (Å²) in [6, 6.07) is 16.2. The average molecular weight is 534 g/mol. The number of para-hydroxylation sites is 1. The molecule has 11 heteroatoms. The number of benzene rings is 2. The third-order valence-corrected chi connectivity index (χ3v) is 7.11. The molecule has 0 saturated carbocycles. The number of carbonyl (C=O) groups excluding carboxylic acids is 2. The lowest BCUT2D eigenvalue weighted by atomic mass is 10.0. The van der Waals surface area contributed by atoms with Crippen molar-refractivity contribution in [3.05, 3.63) is 66.0 Å². The van der Waals surface area contributed by atoms with Crippen molar-refractivity contribution in [2.45, 2.75) is 44.2 Å². The zero-order chi connectivity index (χ0) is 27.2. The number of rotatable bonds is 7. The highest BCUT2D eigenvalue weighted by Gasteiger charge is 2.31. The van der Waals surface area contributed by atoms with E-state index in [-0.39, 0.29) is 30.6 Å². The Morgan fingerprint density at radius 1 is 0.974 bits per heavy atom. The third kappa shape index (κ3) is 6.36. The summed E-state index contributed by atoms with van der Waals surface area (Å²) < 4.78 is 10.5. The standard InChI is InChI=1S/C28H31N5O6/c34-24(18-38-21-9-2-1-3-10-21)33-14-5-4-11-23(33)26-29-25(30-31-26)19-7-6-8-20(17-19)27(35)32-15-12-22(13-16-32)39-28(36)37/h1-3,6-10,17,22-23H,4-5,11-16,18H2,(H,36,37)(H,29,30,31)/t23-/m1/s1. The van der Waals surface area contributed by atoms with Gasteiger partial charge in [0.25, 0.3) is 11.8 Å². The monoisotopic (exact) mass is 533 g/mol. The molecule has 0 aliphatic carbocycles. The van der Waals surface area contributed by atoms with Gasteiger partial charge in [0, 0.05) is 43.6 Å². The summed E-state index contributed by atoms with van der Waals surface area (Å²) in [6.45, 7) is 1.41. The molecule has 0 radical (unpaired) electrons. The number of nitrogens with zero attached hydrogens (tertiary/aromatic N) is 4. The van der Waals surface area contributed by atoms with Crippen LogP contribution in [0.5, 0.6) is 5.75 Å². The predicted molar refractivity (Wildman–Crippen MR) is 140 cm³/mol. The first-order chi connectivity index (χ1) is 19.0. The lowest BCUT2D eigenvalue weighted by Crippen LogP contribution is -2.41. The largest absolute Gasteiger partial charge is 0.506 e. The summed E-state index contributed by atoms with van der Waals surface area (Å²) >= 11 is 0. The number of aromatic amines is 1. The van der Waals surface area contributed by atoms with Gasteiger partial charge in [0.05, 0.1) is 6.04 Å². The molecule has 0 spiro atoms. The Morgan fingerprint density at radius 2 is 1.77 bits per heavy atom. The summed E-state index contributed by atoms with van der Waals surface area (Å²) in [5.41, 5.74) is 1.19. The Morgan fingerprint density at radius 3 is 2.54 bits per heavy atom. The van der Waals surface area contributed by atoms with E-state index >= 15 is 0 Å². The van der Waals surface area contributed by atoms with Crippen molar-refractivity contribution >= 4 is 18.0 Å². The molecule has 0 unspecified atom stereocenters. The summed E-state index contributed by atoms with van der Waals surface area (Å²) in [7, 11) is 0. The van der Waals surface area contributed by atoms with Gasteiger partial charge < -0.3 is 24.4 Å². The maximum absolute atomic E-state index is 13.1. The van der Waals surface area contributed by atoms with Gasteiger partial charge in [-0.25, -0.2) is 9.78 Å². The van der Waals surface area contributed by atoms with E-state index in [1.165, 1.54) is 0 Å². The molecule has 5 rings (SSSR count). The molecular formula is C28H31N5O6. The summed E-state index contributed by atoms with van der Waals surface area (Å²) in [6.07, 6.45) is 1.91. The van der Waals surface area contributed by atoms with Crippen molar-refractivity contribution in [3.8, 4) is 17.1 Å². The smallest absolute Gasteiger partial charge is 0.484 e. The SMILES string of the molecule is O=C(O)OC1CCN(C(=O)c2cccc(-c3n[nH]c([C@H]4CCCCN4C(=O)COc4ccccc4)n3)c2)CC1. The number of aromatic nitrogens is 3. The van der Waals surface area contributed by atoms with Crippen molar-refractivity contribution in [1.29, 1.82) is 0 Å². The topological polar surface area (TPSA) is 138 Å². The second kappa shape index (κ2) is 12.0. The van der Waals surface area contributed by atoms with Crippen LogP contribution >= 0.6 is 0 Å². The van der Waals surface area contributed by atoms with Crippen LogP contribution in [0.2, 0.25) is 0 Å². The number of H-pyrrole nitrogens is 1. The molecule has 1 atom stereocenters. The van der Waals surface area contributed by atoms with E-state index in [1.807, 2.05) is 36.4 Å². The van der Waals surface area contributed by atoms with Crippen LogP contribution in [-0.4, -0.2) is 80.4 Å². The minimum absolute atomic E-state index is 0.0503. The van der Waals surface area contributed by atoms with Crippen molar-refractivity contribution in [2.24, 2.45) is 0 Å². The summed E-state index contributed by atoms with van der Waals surface area (Å²) in [4.78, 5) is 45.1. The van der Waals surface area contributed by atoms with Gasteiger partial charge in [0.1, 0.15) is 17.7 Å². The molecule has 204 valence electrons. The van der Waals surface area contributed by atoms with E-state index in [0.29, 0.717) is 61.0 Å². The normalized spacial score (nSPS) is 18.0. The van der Waals surface area contributed by atoms with E-state index in [1.54, 1.807) is 28.0 Å². The first-order valence-electron chi connectivity index (χ1n) is 13.2. The third-order valence-electron chi connectivity index (χ3n) is 7.11. The second-order valence-corrected chi connectivity index (χ2v) is 9.70. The van der Waals surface area contributed by atoms with Crippen molar-refractivity contribution in [3.63, 3.8) is 0 Å². The van der Waals surface area contributed by atoms with Crippen molar-refractivity contribution < 1.29 is 29.0 Å². The highest BCUT2D eigenvalue weighted by Crippen LogP contribution is 2.30. The minimum atomic E-state index is -1.29. The maximum Gasteiger partial charge on any atom is 0.506 e. The first-order valence-corrected chi connectivity index (χ1v) is 13.2. The molecule has 2 amide bonds. The number of ether oxygens (including phenoxy) is 2. The van der Waals surface area contributed by atoms with E-state index < -0.39 is 6.16 Å². The summed E-state index contributed by atoms with van der Waals surface area (Å²) in [5, 5.41) is 16.2. The molecule has 2 fully saturated rings. The average Bonchev–Trinajstić information content (AvgIpc) is 3.47. The van der Waals surface area contributed by atoms with Crippen LogP contribution in [0.25, 0.3) is 11.4 Å². The number of piperidine rings is 2. The fraction of sp³-hybridized carbons (Fsp3) is 0.393. The Labute approximate surface area is 225 Å². The van der Waals surface area contributed by atoms with Crippen LogP contribution in [0.4, 0.5) is 4.79 Å². The molecule has 3 aromatic rings. The highest BCUT2D eigenvalue weighted by atomic mass is 16.7. The van der Waals surface area contributed by atoms with Gasteiger partial charge in [0.15, 0.2) is 12.4 Å². The number of carboxylic acid groups (broad SMARTS) is 1. The van der Waals surface area contributed by atoms with Gasteiger partial charge in [-0.1, -0.05) is 30.3 Å². The Kier molecular flexibility index (Phi) is 8.04. The van der Waals surface area contributed by atoms with E-state index in [0.717, 1.165) is 19.3 Å². The molecule has 11 nitrogen and oxygen atoms in total. The Bertz CT molecular complexity index is 1300. The van der Waals surface area contributed by atoms with Gasteiger partial charge in [-0.2, -0.15) is 5.10 Å². The predicted octanol–water partition coefficient (Wildman–Crippen LogP) is 3.90. The molecule has 2 aliphatic rings. The number of hydrogen-bond donors (Lipinski definition) is 2. The van der Waals surface area contributed by atoms with Gasteiger partial charge in [0.2, 0.25) is 0 Å². The zero-order valence-corrected chi connectivity index (χ0v) is 21.5. The molecule has 1 aromatic heterocycles. The zero-order valence-electron chi connectivity index (χ0n) is 21.5. The minimum Gasteiger partial charge on any atom is -0.484 e. The molecular weight excluding hydrogens is 502 g/mol. The molecule has 3 heterocycles. The number of amides is 2. The van der Waals surface area contributed by atoms with Gasteiger partial charge in [-0.15, -0.1) is 0 Å². The number of nitrogens with one attached hydrogen (secondary N) is 1. The summed E-state index contributed by atoms with van der Waals surface area (Å²) in [5.74, 6) is 1.46. The van der Waals surface area contributed by atoms with E-state index in [9.17, 15) is 14.4 Å². The van der Waals surface area contributed by atoms with Crippen LogP contribution in [-0.2, 0) is 9.53 Å². The van der Waals surface area contributed by atoms with E-state index in [2.05, 4.69) is 10.2 Å². The first kappa shape index (κ1) is 26.2. The molecule has 2 saturated heterocycles. The fourth-order valence-electron chi connectivity index (χ4n) is 5.10. The van der Waals surface area contributed by atoms with Gasteiger partial charge in [-0.05, 0) is 43.5 Å². The molecule has 2 aromatic carbocycles.